The predicted octanol–water partition coefficient (Wildman–Crippen LogP) is 4.14. The van der Waals surface area contributed by atoms with Gasteiger partial charge in [0, 0.05) is 5.56 Å². The summed E-state index contributed by atoms with van der Waals surface area (Å²) in [5.74, 6) is -4.16. The first-order chi connectivity index (χ1) is 8.97. The first kappa shape index (κ1) is 13.4. The van der Waals surface area contributed by atoms with E-state index in [-0.39, 0.29) is 11.3 Å². The molecule has 0 amide bonds. The Kier molecular flexibility index (Phi) is 3.74. The van der Waals surface area contributed by atoms with Gasteiger partial charge in [-0.1, -0.05) is 12.1 Å². The summed E-state index contributed by atoms with van der Waals surface area (Å²) in [5, 5.41) is 0. The van der Waals surface area contributed by atoms with Gasteiger partial charge in [-0.05, 0) is 36.4 Å². The van der Waals surface area contributed by atoms with Crippen molar-refractivity contribution in [2.24, 2.45) is 0 Å². The molecule has 5 heteroatoms. The van der Waals surface area contributed by atoms with Gasteiger partial charge in [0.15, 0.2) is 6.61 Å². The lowest BCUT2D eigenvalue weighted by molar-refractivity contribution is -0.0467. The number of ether oxygens (including phenoxy) is 1. The summed E-state index contributed by atoms with van der Waals surface area (Å²) in [5.41, 5.74) is -0.337. The molecule has 19 heavy (non-hydrogen) atoms. The minimum atomic E-state index is -3.25. The van der Waals surface area contributed by atoms with Crippen molar-refractivity contribution in [2.45, 2.75) is 5.92 Å². The molecule has 0 atom stereocenters. The SMILES string of the molecule is Fc1ccc(OCC(F)(F)c2ccc(F)cc2)cc1. The molecule has 0 aliphatic heterocycles. The Bertz CT molecular complexity index is 534. The Labute approximate surface area is 107 Å². The molecule has 0 radical (unpaired) electrons. The van der Waals surface area contributed by atoms with Crippen LogP contribution in [0.1, 0.15) is 5.56 Å². The van der Waals surface area contributed by atoms with Crippen LogP contribution < -0.4 is 4.74 Å². The van der Waals surface area contributed by atoms with Crippen LogP contribution in [-0.2, 0) is 5.92 Å². The smallest absolute Gasteiger partial charge is 0.306 e. The highest BCUT2D eigenvalue weighted by atomic mass is 19.3. The van der Waals surface area contributed by atoms with Gasteiger partial charge in [-0.2, -0.15) is 8.78 Å². The van der Waals surface area contributed by atoms with Crippen molar-refractivity contribution in [3.8, 4) is 5.75 Å². The average Bonchev–Trinajstić information content (AvgIpc) is 2.39. The van der Waals surface area contributed by atoms with Crippen molar-refractivity contribution >= 4 is 0 Å². The molecule has 2 aromatic rings. The van der Waals surface area contributed by atoms with E-state index in [0.29, 0.717) is 0 Å². The fraction of sp³-hybridized carbons (Fsp3) is 0.143. The van der Waals surface area contributed by atoms with Gasteiger partial charge in [0.05, 0.1) is 0 Å². The maximum absolute atomic E-state index is 13.7. The standard InChI is InChI=1S/C14H10F4O/c15-11-3-1-10(2-4-11)14(17,18)9-19-13-7-5-12(16)6-8-13/h1-8H,9H2. The van der Waals surface area contributed by atoms with Crippen LogP contribution in [0.2, 0.25) is 0 Å². The third kappa shape index (κ3) is 3.47. The van der Waals surface area contributed by atoms with Gasteiger partial charge in [0.2, 0.25) is 0 Å². The lowest BCUT2D eigenvalue weighted by Crippen LogP contribution is -2.23. The van der Waals surface area contributed by atoms with Crippen LogP contribution in [0.3, 0.4) is 0 Å². The van der Waals surface area contributed by atoms with Gasteiger partial charge in [0.1, 0.15) is 17.4 Å². The lowest BCUT2D eigenvalue weighted by Gasteiger charge is -2.17. The Hall–Kier alpha value is -2.04. The molecular weight excluding hydrogens is 260 g/mol. The largest absolute Gasteiger partial charge is 0.487 e. The zero-order valence-corrected chi connectivity index (χ0v) is 9.75. The normalized spacial score (nSPS) is 11.4. The van der Waals surface area contributed by atoms with Crippen LogP contribution in [-0.4, -0.2) is 6.61 Å². The highest BCUT2D eigenvalue weighted by Crippen LogP contribution is 2.29. The van der Waals surface area contributed by atoms with Crippen LogP contribution in [0.15, 0.2) is 48.5 Å². The first-order valence-electron chi connectivity index (χ1n) is 5.50. The predicted molar refractivity (Wildman–Crippen MR) is 62.2 cm³/mol. The van der Waals surface area contributed by atoms with Crippen LogP contribution in [0.25, 0.3) is 0 Å². The van der Waals surface area contributed by atoms with E-state index in [0.717, 1.165) is 36.4 Å². The van der Waals surface area contributed by atoms with Crippen molar-refractivity contribution in [3.05, 3.63) is 65.7 Å². The van der Waals surface area contributed by atoms with Crippen molar-refractivity contribution in [3.63, 3.8) is 0 Å². The Balaban J connectivity index is 2.04. The van der Waals surface area contributed by atoms with Crippen molar-refractivity contribution in [1.29, 1.82) is 0 Å². The fourth-order valence-corrected chi connectivity index (χ4v) is 1.48. The quantitative estimate of drug-likeness (QED) is 0.759. The Morgan fingerprint density at radius 1 is 0.789 bits per heavy atom. The third-order valence-electron chi connectivity index (χ3n) is 2.50. The van der Waals surface area contributed by atoms with Crippen LogP contribution >= 0.6 is 0 Å². The second-order valence-corrected chi connectivity index (χ2v) is 3.95. The van der Waals surface area contributed by atoms with E-state index in [1.165, 1.54) is 12.1 Å². The minimum Gasteiger partial charge on any atom is -0.487 e. The van der Waals surface area contributed by atoms with Gasteiger partial charge in [-0.15, -0.1) is 0 Å². The second kappa shape index (κ2) is 5.30. The van der Waals surface area contributed by atoms with Crippen LogP contribution in [0, 0.1) is 11.6 Å². The molecule has 0 saturated carbocycles. The third-order valence-corrected chi connectivity index (χ3v) is 2.50. The highest BCUT2D eigenvalue weighted by Gasteiger charge is 2.32. The van der Waals surface area contributed by atoms with E-state index in [1.54, 1.807) is 0 Å². The van der Waals surface area contributed by atoms with E-state index in [9.17, 15) is 17.6 Å². The summed E-state index contributed by atoms with van der Waals surface area (Å²) in [6, 6.07) is 8.68. The van der Waals surface area contributed by atoms with E-state index in [2.05, 4.69) is 0 Å². The van der Waals surface area contributed by atoms with Gasteiger partial charge in [-0.25, -0.2) is 8.78 Å². The summed E-state index contributed by atoms with van der Waals surface area (Å²) in [6.45, 7) is -0.899. The minimum absolute atomic E-state index is 0.142. The number of benzene rings is 2. The number of hydrogen-bond donors (Lipinski definition) is 0. The van der Waals surface area contributed by atoms with Crippen molar-refractivity contribution in [1.82, 2.24) is 0 Å². The fourth-order valence-electron chi connectivity index (χ4n) is 1.48. The highest BCUT2D eigenvalue weighted by molar-refractivity contribution is 5.24. The van der Waals surface area contributed by atoms with Crippen LogP contribution in [0.5, 0.6) is 5.75 Å². The first-order valence-corrected chi connectivity index (χ1v) is 5.50. The molecule has 2 aromatic carbocycles. The monoisotopic (exact) mass is 270 g/mol. The van der Waals surface area contributed by atoms with Gasteiger partial charge < -0.3 is 4.74 Å². The molecule has 0 heterocycles. The van der Waals surface area contributed by atoms with Gasteiger partial charge in [0.25, 0.3) is 0 Å². The summed E-state index contributed by atoms with van der Waals surface area (Å²) >= 11 is 0. The van der Waals surface area contributed by atoms with Gasteiger partial charge in [-0.3, -0.25) is 0 Å². The molecule has 0 aliphatic carbocycles. The van der Waals surface area contributed by atoms with Crippen LogP contribution in [0.4, 0.5) is 17.6 Å². The summed E-state index contributed by atoms with van der Waals surface area (Å²) in [6.07, 6.45) is 0. The molecule has 2 rings (SSSR count). The average molecular weight is 270 g/mol. The molecular formula is C14H10F4O. The molecule has 1 nitrogen and oxygen atoms in total. The van der Waals surface area contributed by atoms with Gasteiger partial charge >= 0.3 is 5.92 Å². The molecule has 0 bridgehead atoms. The van der Waals surface area contributed by atoms with Crippen molar-refractivity contribution < 1.29 is 22.3 Å². The molecule has 0 aromatic heterocycles. The molecule has 0 fully saturated rings. The zero-order chi connectivity index (χ0) is 13.9. The molecule has 0 N–H and O–H groups in total. The molecule has 0 unspecified atom stereocenters. The molecule has 100 valence electrons. The van der Waals surface area contributed by atoms with Crippen molar-refractivity contribution in [2.75, 3.05) is 6.61 Å². The second-order valence-electron chi connectivity index (χ2n) is 3.95. The number of rotatable bonds is 4. The van der Waals surface area contributed by atoms with E-state index in [4.69, 9.17) is 4.74 Å². The zero-order valence-electron chi connectivity index (χ0n) is 9.75. The van der Waals surface area contributed by atoms with E-state index < -0.39 is 24.2 Å². The molecule has 0 saturated heterocycles. The maximum Gasteiger partial charge on any atom is 0.306 e. The number of halogens is 4. The summed E-state index contributed by atoms with van der Waals surface area (Å²) in [4.78, 5) is 0. The van der Waals surface area contributed by atoms with E-state index >= 15 is 0 Å². The lowest BCUT2D eigenvalue weighted by atomic mass is 10.1. The summed E-state index contributed by atoms with van der Waals surface area (Å²) in [7, 11) is 0. The molecule has 0 spiro atoms. The summed E-state index contributed by atoms with van der Waals surface area (Å²) < 4.78 is 57.6. The number of hydrogen-bond acceptors (Lipinski definition) is 1. The molecule has 0 aliphatic rings. The van der Waals surface area contributed by atoms with E-state index in [1.807, 2.05) is 0 Å². The Morgan fingerprint density at radius 2 is 1.26 bits per heavy atom. The maximum atomic E-state index is 13.7. The Morgan fingerprint density at radius 3 is 1.79 bits per heavy atom. The topological polar surface area (TPSA) is 9.23 Å². The number of alkyl halides is 2.